The van der Waals surface area contributed by atoms with Crippen LogP contribution in [0.25, 0.3) is 11.4 Å². The Hall–Kier alpha value is -1.81. The molecule has 0 radical (unpaired) electrons. The van der Waals surface area contributed by atoms with Crippen molar-refractivity contribution in [2.45, 2.75) is 20.0 Å². The zero-order valence-corrected chi connectivity index (χ0v) is 9.68. The van der Waals surface area contributed by atoms with Gasteiger partial charge in [-0.15, -0.1) is 0 Å². The Morgan fingerprint density at radius 3 is 2.41 bits per heavy atom. The maximum Gasteiger partial charge on any atom is 0.159 e. The molecule has 1 aromatic heterocycles. The van der Waals surface area contributed by atoms with Gasteiger partial charge in [0.2, 0.25) is 0 Å². The molecule has 0 bridgehead atoms. The predicted molar refractivity (Wildman–Crippen MR) is 62.8 cm³/mol. The largest absolute Gasteiger partial charge is 0.389 e. The van der Waals surface area contributed by atoms with Gasteiger partial charge in [0, 0.05) is 23.0 Å². The normalized spacial score (nSPS) is 12.5. The van der Waals surface area contributed by atoms with Crippen LogP contribution in [-0.4, -0.2) is 15.1 Å². The van der Waals surface area contributed by atoms with Crippen molar-refractivity contribution in [3.63, 3.8) is 0 Å². The number of aryl methyl sites for hydroxylation is 1. The van der Waals surface area contributed by atoms with Crippen molar-refractivity contribution in [2.24, 2.45) is 0 Å². The van der Waals surface area contributed by atoms with E-state index in [-0.39, 0.29) is 5.82 Å². The lowest BCUT2D eigenvalue weighted by molar-refractivity contribution is 0.197. The van der Waals surface area contributed by atoms with Crippen molar-refractivity contribution >= 4 is 0 Å². The van der Waals surface area contributed by atoms with Gasteiger partial charge < -0.3 is 5.11 Å². The molecule has 88 valence electrons. The number of hydrogen-bond acceptors (Lipinski definition) is 3. The fraction of sp³-hybridized carbons (Fsp3) is 0.231. The summed E-state index contributed by atoms with van der Waals surface area (Å²) >= 11 is 0. The van der Waals surface area contributed by atoms with Crippen LogP contribution in [0.15, 0.2) is 30.5 Å². The number of aromatic nitrogens is 2. The Morgan fingerprint density at radius 2 is 1.88 bits per heavy atom. The average molecular weight is 232 g/mol. The molecule has 2 rings (SSSR count). The zero-order valence-electron chi connectivity index (χ0n) is 9.68. The molecule has 1 N–H and O–H groups in total. The highest BCUT2D eigenvalue weighted by molar-refractivity contribution is 5.54. The Kier molecular flexibility index (Phi) is 3.15. The molecule has 0 amide bonds. The highest BCUT2D eigenvalue weighted by Crippen LogP contribution is 2.19. The van der Waals surface area contributed by atoms with Gasteiger partial charge in [-0.2, -0.15) is 0 Å². The first-order valence-corrected chi connectivity index (χ1v) is 5.35. The third-order valence-corrected chi connectivity index (χ3v) is 2.57. The molecule has 0 spiro atoms. The number of halogens is 1. The Balaban J connectivity index is 2.41. The second-order valence-corrected chi connectivity index (χ2v) is 3.92. The number of aliphatic hydroxyl groups is 1. The summed E-state index contributed by atoms with van der Waals surface area (Å²) in [7, 11) is 0. The summed E-state index contributed by atoms with van der Waals surface area (Å²) < 4.78 is 12.8. The molecule has 0 saturated carbocycles. The maximum atomic E-state index is 12.8. The molecule has 2 aromatic rings. The van der Waals surface area contributed by atoms with Crippen LogP contribution in [0, 0.1) is 12.7 Å². The van der Waals surface area contributed by atoms with Crippen molar-refractivity contribution in [1.82, 2.24) is 9.97 Å². The second kappa shape index (κ2) is 4.59. The monoisotopic (exact) mass is 232 g/mol. The van der Waals surface area contributed by atoms with E-state index in [0.717, 1.165) is 11.3 Å². The molecule has 17 heavy (non-hydrogen) atoms. The number of nitrogens with zero attached hydrogens (tertiary/aromatic N) is 2. The summed E-state index contributed by atoms with van der Waals surface area (Å²) in [6.07, 6.45) is 1.02. The molecule has 0 fully saturated rings. The van der Waals surface area contributed by atoms with E-state index in [9.17, 15) is 9.50 Å². The predicted octanol–water partition coefficient (Wildman–Crippen LogP) is 2.64. The lowest BCUT2D eigenvalue weighted by Gasteiger charge is -2.08. The fourth-order valence-electron chi connectivity index (χ4n) is 1.62. The lowest BCUT2D eigenvalue weighted by Crippen LogP contribution is -2.01. The zero-order chi connectivity index (χ0) is 12.4. The van der Waals surface area contributed by atoms with Crippen molar-refractivity contribution < 1.29 is 9.50 Å². The van der Waals surface area contributed by atoms with Crippen LogP contribution < -0.4 is 0 Å². The first-order chi connectivity index (χ1) is 8.08. The summed E-state index contributed by atoms with van der Waals surface area (Å²) in [5.74, 6) is 0.248. The number of benzene rings is 1. The van der Waals surface area contributed by atoms with Crippen LogP contribution in [0.3, 0.4) is 0 Å². The Bertz CT molecular complexity index is 523. The lowest BCUT2D eigenvalue weighted by atomic mass is 10.1. The smallest absolute Gasteiger partial charge is 0.159 e. The number of rotatable bonds is 2. The molecule has 0 aliphatic carbocycles. The standard InChI is InChI=1S/C13H13FN2O/c1-8-12(9(2)17)7-15-13(16-8)10-3-5-11(14)6-4-10/h3-7,9,17H,1-2H3/t9-/m1/s1. The minimum atomic E-state index is -0.586. The van der Waals surface area contributed by atoms with Crippen LogP contribution in [-0.2, 0) is 0 Å². The Labute approximate surface area is 99.0 Å². The first-order valence-electron chi connectivity index (χ1n) is 5.35. The van der Waals surface area contributed by atoms with Crippen molar-refractivity contribution in [3.05, 3.63) is 47.5 Å². The van der Waals surface area contributed by atoms with Crippen molar-refractivity contribution in [2.75, 3.05) is 0 Å². The van der Waals surface area contributed by atoms with E-state index in [0.29, 0.717) is 11.4 Å². The first kappa shape index (κ1) is 11.7. The van der Waals surface area contributed by atoms with Gasteiger partial charge >= 0.3 is 0 Å². The molecule has 0 aliphatic rings. The molecule has 0 saturated heterocycles. The second-order valence-electron chi connectivity index (χ2n) is 3.92. The summed E-state index contributed by atoms with van der Waals surface area (Å²) in [5, 5.41) is 9.47. The van der Waals surface area contributed by atoms with Crippen LogP contribution in [0.5, 0.6) is 0 Å². The average Bonchev–Trinajstić information content (AvgIpc) is 2.29. The van der Waals surface area contributed by atoms with E-state index in [1.54, 1.807) is 25.3 Å². The van der Waals surface area contributed by atoms with Crippen molar-refractivity contribution in [3.8, 4) is 11.4 Å². The molecule has 1 aromatic carbocycles. The third-order valence-electron chi connectivity index (χ3n) is 2.57. The van der Waals surface area contributed by atoms with E-state index in [2.05, 4.69) is 9.97 Å². The topological polar surface area (TPSA) is 46.0 Å². The highest BCUT2D eigenvalue weighted by Gasteiger charge is 2.09. The van der Waals surface area contributed by atoms with E-state index in [1.807, 2.05) is 6.92 Å². The fourth-order valence-corrected chi connectivity index (χ4v) is 1.62. The summed E-state index contributed by atoms with van der Waals surface area (Å²) in [4.78, 5) is 8.47. The molecule has 4 heteroatoms. The van der Waals surface area contributed by atoms with Gasteiger partial charge in [0.1, 0.15) is 5.82 Å². The van der Waals surface area contributed by atoms with Gasteiger partial charge in [-0.25, -0.2) is 14.4 Å². The quantitative estimate of drug-likeness (QED) is 0.865. The molecule has 0 aliphatic heterocycles. The van der Waals surface area contributed by atoms with Gasteiger partial charge in [-0.05, 0) is 38.1 Å². The molecular formula is C13H13FN2O. The Morgan fingerprint density at radius 1 is 1.24 bits per heavy atom. The van der Waals surface area contributed by atoms with Crippen LogP contribution in [0.1, 0.15) is 24.3 Å². The van der Waals surface area contributed by atoms with Gasteiger partial charge in [-0.3, -0.25) is 0 Å². The van der Waals surface area contributed by atoms with E-state index < -0.39 is 6.10 Å². The van der Waals surface area contributed by atoms with E-state index in [1.165, 1.54) is 12.1 Å². The number of hydrogen-bond donors (Lipinski definition) is 1. The molecular weight excluding hydrogens is 219 g/mol. The number of aliphatic hydroxyl groups excluding tert-OH is 1. The summed E-state index contributed by atoms with van der Waals surface area (Å²) in [6.45, 7) is 3.49. The van der Waals surface area contributed by atoms with Crippen LogP contribution >= 0.6 is 0 Å². The van der Waals surface area contributed by atoms with Crippen molar-refractivity contribution in [1.29, 1.82) is 0 Å². The minimum Gasteiger partial charge on any atom is -0.389 e. The summed E-state index contributed by atoms with van der Waals surface area (Å²) in [5.41, 5.74) is 2.19. The van der Waals surface area contributed by atoms with Gasteiger partial charge in [0.15, 0.2) is 5.82 Å². The van der Waals surface area contributed by atoms with Crippen LogP contribution in [0.2, 0.25) is 0 Å². The highest BCUT2D eigenvalue weighted by atomic mass is 19.1. The summed E-state index contributed by atoms with van der Waals surface area (Å²) in [6, 6.07) is 6.01. The van der Waals surface area contributed by atoms with E-state index >= 15 is 0 Å². The molecule has 1 heterocycles. The molecule has 0 unspecified atom stereocenters. The third kappa shape index (κ3) is 2.47. The van der Waals surface area contributed by atoms with Gasteiger partial charge in [0.05, 0.1) is 6.10 Å². The minimum absolute atomic E-state index is 0.286. The maximum absolute atomic E-state index is 12.8. The molecule has 1 atom stereocenters. The SMILES string of the molecule is Cc1nc(-c2ccc(F)cc2)ncc1[C@@H](C)O. The van der Waals surface area contributed by atoms with Gasteiger partial charge in [-0.1, -0.05) is 0 Å². The van der Waals surface area contributed by atoms with E-state index in [4.69, 9.17) is 0 Å². The molecule has 3 nitrogen and oxygen atoms in total. The van der Waals surface area contributed by atoms with Gasteiger partial charge in [0.25, 0.3) is 0 Å². The van der Waals surface area contributed by atoms with Crippen LogP contribution in [0.4, 0.5) is 4.39 Å².